The zero-order chi connectivity index (χ0) is 26.9. The first-order valence-electron chi connectivity index (χ1n) is 11.5. The standard InChI is InChI=1S/C29H25ClN2O5S/c1-35-25-14-11-20(16-26(25)36-2)28(33)32-24(17-22-6-5-15-37-22)29(34)31-23-7-3-4-8-27(23)38-18-19-9-12-21(30)13-10-19/h3-17H,18H2,1-2H3,(H,31,34)(H,32,33)/b24-17-. The van der Waals surface area contributed by atoms with Crippen LogP contribution in [0.4, 0.5) is 5.69 Å². The Hall–Kier alpha value is -4.14. The van der Waals surface area contributed by atoms with E-state index in [1.807, 2.05) is 48.5 Å². The van der Waals surface area contributed by atoms with Gasteiger partial charge >= 0.3 is 0 Å². The van der Waals surface area contributed by atoms with Crippen LogP contribution in [0.15, 0.2) is 100 Å². The molecule has 0 atom stereocenters. The topological polar surface area (TPSA) is 89.8 Å². The van der Waals surface area contributed by atoms with E-state index in [-0.39, 0.29) is 5.70 Å². The Kier molecular flexibility index (Phi) is 9.13. The molecule has 0 aliphatic heterocycles. The van der Waals surface area contributed by atoms with E-state index in [1.165, 1.54) is 26.6 Å². The lowest BCUT2D eigenvalue weighted by Gasteiger charge is -2.14. The van der Waals surface area contributed by atoms with Crippen LogP contribution >= 0.6 is 23.4 Å². The number of methoxy groups -OCH3 is 2. The van der Waals surface area contributed by atoms with Crippen molar-refractivity contribution in [2.75, 3.05) is 19.5 Å². The van der Waals surface area contributed by atoms with Gasteiger partial charge in [-0.3, -0.25) is 9.59 Å². The minimum Gasteiger partial charge on any atom is -0.493 e. The second-order valence-corrected chi connectivity index (χ2v) is 9.42. The molecule has 0 aliphatic carbocycles. The van der Waals surface area contributed by atoms with Gasteiger partial charge in [0.25, 0.3) is 11.8 Å². The summed E-state index contributed by atoms with van der Waals surface area (Å²) in [4.78, 5) is 27.3. The van der Waals surface area contributed by atoms with Gasteiger partial charge in [-0.25, -0.2) is 0 Å². The number of para-hydroxylation sites is 1. The summed E-state index contributed by atoms with van der Waals surface area (Å²) >= 11 is 7.56. The summed E-state index contributed by atoms with van der Waals surface area (Å²) in [5, 5.41) is 6.29. The molecule has 0 spiro atoms. The number of benzene rings is 3. The predicted molar refractivity (Wildman–Crippen MR) is 150 cm³/mol. The van der Waals surface area contributed by atoms with Crippen molar-refractivity contribution in [1.29, 1.82) is 0 Å². The Balaban J connectivity index is 1.54. The second-order valence-electron chi connectivity index (χ2n) is 7.96. The third-order valence-corrected chi connectivity index (χ3v) is 6.81. The van der Waals surface area contributed by atoms with Crippen molar-refractivity contribution in [2.24, 2.45) is 0 Å². The first-order valence-corrected chi connectivity index (χ1v) is 12.9. The van der Waals surface area contributed by atoms with Gasteiger partial charge < -0.3 is 24.5 Å². The van der Waals surface area contributed by atoms with E-state index < -0.39 is 11.8 Å². The van der Waals surface area contributed by atoms with E-state index in [1.54, 1.807) is 42.1 Å². The minimum atomic E-state index is -0.505. The van der Waals surface area contributed by atoms with Crippen molar-refractivity contribution in [2.45, 2.75) is 10.6 Å². The van der Waals surface area contributed by atoms with E-state index >= 15 is 0 Å². The van der Waals surface area contributed by atoms with Crippen LogP contribution in [0.1, 0.15) is 21.7 Å². The Morgan fingerprint density at radius 1 is 0.947 bits per heavy atom. The van der Waals surface area contributed by atoms with Crippen molar-refractivity contribution >= 4 is 46.9 Å². The molecule has 3 aromatic carbocycles. The first-order chi connectivity index (χ1) is 18.5. The third kappa shape index (κ3) is 7.00. The van der Waals surface area contributed by atoms with E-state index in [4.69, 9.17) is 25.5 Å². The molecule has 4 rings (SSSR count). The number of hydrogen-bond acceptors (Lipinski definition) is 6. The molecule has 0 radical (unpaired) electrons. The molecule has 0 fully saturated rings. The van der Waals surface area contributed by atoms with Crippen LogP contribution < -0.4 is 20.1 Å². The number of hydrogen-bond donors (Lipinski definition) is 2. The number of nitrogens with one attached hydrogen (secondary N) is 2. The summed E-state index contributed by atoms with van der Waals surface area (Å²) in [5.41, 5.74) is 2.01. The lowest BCUT2D eigenvalue weighted by Crippen LogP contribution is -2.30. The highest BCUT2D eigenvalue weighted by Gasteiger charge is 2.18. The number of anilines is 1. The number of ether oxygens (including phenoxy) is 2. The van der Waals surface area contributed by atoms with Gasteiger partial charge in [-0.05, 0) is 60.2 Å². The number of amides is 2. The molecule has 0 unspecified atom stereocenters. The molecule has 2 amide bonds. The fourth-order valence-corrected chi connectivity index (χ4v) is 4.56. The summed E-state index contributed by atoms with van der Waals surface area (Å²) in [6.07, 6.45) is 2.96. The number of halogens is 1. The molecule has 0 saturated carbocycles. The fraction of sp³-hybridized carbons (Fsp3) is 0.103. The molecule has 1 heterocycles. The van der Waals surface area contributed by atoms with Crippen molar-refractivity contribution in [3.05, 3.63) is 113 Å². The maximum absolute atomic E-state index is 13.4. The molecule has 2 N–H and O–H groups in total. The SMILES string of the molecule is COc1ccc(C(=O)N/C(=C\c2ccco2)C(=O)Nc2ccccc2SCc2ccc(Cl)cc2)cc1OC. The summed E-state index contributed by atoms with van der Waals surface area (Å²) in [7, 11) is 3.00. The average Bonchev–Trinajstić information content (AvgIpc) is 3.45. The minimum absolute atomic E-state index is 0.0113. The van der Waals surface area contributed by atoms with Gasteiger partial charge in [-0.2, -0.15) is 0 Å². The molecule has 0 aliphatic rings. The van der Waals surface area contributed by atoms with Crippen LogP contribution in [0, 0.1) is 0 Å². The van der Waals surface area contributed by atoms with Gasteiger partial charge in [-0.15, -0.1) is 11.8 Å². The summed E-state index contributed by atoms with van der Waals surface area (Å²) < 4.78 is 15.9. The molecule has 0 saturated heterocycles. The van der Waals surface area contributed by atoms with E-state index in [0.717, 1.165) is 10.5 Å². The number of carbonyl (C=O) groups is 2. The second kappa shape index (κ2) is 12.9. The predicted octanol–water partition coefficient (Wildman–Crippen LogP) is 6.65. The van der Waals surface area contributed by atoms with Crippen molar-refractivity contribution < 1.29 is 23.5 Å². The highest BCUT2D eigenvalue weighted by atomic mass is 35.5. The van der Waals surface area contributed by atoms with Gasteiger partial charge in [0.15, 0.2) is 11.5 Å². The third-order valence-electron chi connectivity index (χ3n) is 5.41. The zero-order valence-corrected chi connectivity index (χ0v) is 22.3. The number of rotatable bonds is 10. The van der Waals surface area contributed by atoms with Crippen molar-refractivity contribution in [1.82, 2.24) is 5.32 Å². The van der Waals surface area contributed by atoms with Crippen LogP contribution in [0.25, 0.3) is 6.08 Å². The van der Waals surface area contributed by atoms with Gasteiger partial charge in [0.2, 0.25) is 0 Å². The fourth-order valence-electron chi connectivity index (χ4n) is 3.47. The number of carbonyl (C=O) groups excluding carboxylic acids is 2. The van der Waals surface area contributed by atoms with E-state index in [2.05, 4.69) is 10.6 Å². The normalized spacial score (nSPS) is 11.1. The Labute approximate surface area is 229 Å². The number of thioether (sulfide) groups is 1. The Morgan fingerprint density at radius 3 is 2.42 bits per heavy atom. The molecular formula is C29H25ClN2O5S. The molecule has 0 bridgehead atoms. The molecule has 7 nitrogen and oxygen atoms in total. The van der Waals surface area contributed by atoms with Gasteiger partial charge in [0, 0.05) is 27.3 Å². The highest BCUT2D eigenvalue weighted by molar-refractivity contribution is 7.98. The van der Waals surface area contributed by atoms with Gasteiger partial charge in [0.1, 0.15) is 11.5 Å². The average molecular weight is 549 g/mol. The highest BCUT2D eigenvalue weighted by Crippen LogP contribution is 2.31. The van der Waals surface area contributed by atoms with Gasteiger partial charge in [0.05, 0.1) is 26.2 Å². The van der Waals surface area contributed by atoms with Crippen LogP contribution in [-0.4, -0.2) is 26.0 Å². The quantitative estimate of drug-likeness (QED) is 0.170. The molecule has 4 aromatic rings. The van der Waals surface area contributed by atoms with E-state index in [9.17, 15) is 9.59 Å². The molecular weight excluding hydrogens is 524 g/mol. The summed E-state index contributed by atoms with van der Waals surface area (Å²) in [5.74, 6) is 0.982. The molecule has 1 aromatic heterocycles. The largest absolute Gasteiger partial charge is 0.493 e. The maximum Gasteiger partial charge on any atom is 0.272 e. The number of furan rings is 1. The smallest absolute Gasteiger partial charge is 0.272 e. The molecule has 38 heavy (non-hydrogen) atoms. The first kappa shape index (κ1) is 26.9. The van der Waals surface area contributed by atoms with E-state index in [0.29, 0.717) is 39.3 Å². The molecule has 9 heteroatoms. The lowest BCUT2D eigenvalue weighted by molar-refractivity contribution is -0.113. The van der Waals surface area contributed by atoms with Crippen LogP contribution in [0.3, 0.4) is 0 Å². The maximum atomic E-state index is 13.4. The summed E-state index contributed by atoms with van der Waals surface area (Å²) in [6, 6.07) is 23.2. The molecule has 194 valence electrons. The zero-order valence-electron chi connectivity index (χ0n) is 20.7. The monoisotopic (exact) mass is 548 g/mol. The van der Waals surface area contributed by atoms with Crippen LogP contribution in [0.2, 0.25) is 5.02 Å². The van der Waals surface area contributed by atoms with Crippen LogP contribution in [-0.2, 0) is 10.5 Å². The van der Waals surface area contributed by atoms with Gasteiger partial charge in [-0.1, -0.05) is 35.9 Å². The Morgan fingerprint density at radius 2 is 1.71 bits per heavy atom. The Bertz CT molecular complexity index is 1440. The lowest BCUT2D eigenvalue weighted by atomic mass is 10.1. The summed E-state index contributed by atoms with van der Waals surface area (Å²) in [6.45, 7) is 0. The van der Waals surface area contributed by atoms with Crippen molar-refractivity contribution in [3.8, 4) is 11.5 Å². The van der Waals surface area contributed by atoms with Crippen LogP contribution in [0.5, 0.6) is 11.5 Å². The van der Waals surface area contributed by atoms with Crippen molar-refractivity contribution in [3.63, 3.8) is 0 Å².